The minimum atomic E-state index is -0.00574. The molecule has 4 heteroatoms. The number of amides is 2. The van der Waals surface area contributed by atoms with Crippen LogP contribution < -0.4 is 10.6 Å². The average molecular weight is 315 g/mol. The number of benzene rings is 1. The molecule has 4 nitrogen and oxygen atoms in total. The molecule has 1 saturated heterocycles. The van der Waals surface area contributed by atoms with Gasteiger partial charge >= 0.3 is 6.03 Å². The van der Waals surface area contributed by atoms with Gasteiger partial charge in [0, 0.05) is 12.6 Å². The van der Waals surface area contributed by atoms with Crippen LogP contribution in [0.25, 0.3) is 0 Å². The number of carbonyl (C=O) groups is 1. The smallest absolute Gasteiger partial charge is 0.315 e. The zero-order valence-corrected chi connectivity index (χ0v) is 14.2. The van der Waals surface area contributed by atoms with Gasteiger partial charge in [-0.15, -0.1) is 0 Å². The Bertz CT molecular complexity index is 498. The maximum Gasteiger partial charge on any atom is 0.315 e. The molecule has 1 aliphatic heterocycles. The van der Waals surface area contributed by atoms with Crippen molar-refractivity contribution in [2.24, 2.45) is 5.92 Å². The van der Waals surface area contributed by atoms with Crippen LogP contribution in [-0.4, -0.2) is 43.2 Å². The number of likely N-dealkylation sites (tertiary alicyclic amines) is 1. The maximum absolute atomic E-state index is 12.1. The third kappa shape index (κ3) is 4.47. The summed E-state index contributed by atoms with van der Waals surface area (Å²) in [6.45, 7) is 6.62. The Hall–Kier alpha value is -1.55. The van der Waals surface area contributed by atoms with Crippen molar-refractivity contribution in [2.45, 2.75) is 45.1 Å². The molecule has 2 N–H and O–H groups in total. The molecule has 0 unspecified atom stereocenters. The van der Waals surface area contributed by atoms with Crippen LogP contribution >= 0.6 is 0 Å². The monoisotopic (exact) mass is 315 g/mol. The minimum absolute atomic E-state index is 0.00574. The lowest BCUT2D eigenvalue weighted by atomic mass is 9.93. The summed E-state index contributed by atoms with van der Waals surface area (Å²) in [7, 11) is 0. The van der Waals surface area contributed by atoms with E-state index in [2.05, 4.69) is 46.7 Å². The standard InChI is InChI=1S/C19H29N3O/c1-2-22-11-8-15(9-12-22)7-10-20-19(23)21-18-13-16-5-3-4-6-17(16)14-18/h3-6,15,18H,2,7-14H2,1H3,(H2,20,21,23). The van der Waals surface area contributed by atoms with E-state index >= 15 is 0 Å². The van der Waals surface area contributed by atoms with Crippen molar-refractivity contribution in [2.75, 3.05) is 26.2 Å². The van der Waals surface area contributed by atoms with Crippen molar-refractivity contribution in [3.05, 3.63) is 35.4 Å². The second kappa shape index (κ2) is 7.82. The number of rotatable bonds is 5. The van der Waals surface area contributed by atoms with Crippen molar-refractivity contribution in [3.63, 3.8) is 0 Å². The van der Waals surface area contributed by atoms with E-state index in [0.29, 0.717) is 0 Å². The Morgan fingerprint density at radius 3 is 2.43 bits per heavy atom. The largest absolute Gasteiger partial charge is 0.338 e. The molecule has 0 aromatic heterocycles. The van der Waals surface area contributed by atoms with Crippen molar-refractivity contribution in [1.82, 2.24) is 15.5 Å². The summed E-state index contributed by atoms with van der Waals surface area (Å²) >= 11 is 0. The lowest BCUT2D eigenvalue weighted by molar-refractivity contribution is 0.186. The van der Waals surface area contributed by atoms with Crippen LogP contribution in [0.15, 0.2) is 24.3 Å². The normalized spacial score (nSPS) is 19.5. The lowest BCUT2D eigenvalue weighted by Gasteiger charge is -2.31. The van der Waals surface area contributed by atoms with E-state index in [1.807, 2.05) is 0 Å². The van der Waals surface area contributed by atoms with E-state index in [-0.39, 0.29) is 12.1 Å². The van der Waals surface area contributed by atoms with Gasteiger partial charge in [-0.1, -0.05) is 31.2 Å². The molecule has 3 rings (SSSR count). The Morgan fingerprint density at radius 1 is 1.17 bits per heavy atom. The van der Waals surface area contributed by atoms with E-state index in [0.717, 1.165) is 38.3 Å². The van der Waals surface area contributed by atoms with Gasteiger partial charge in [-0.3, -0.25) is 0 Å². The highest BCUT2D eigenvalue weighted by atomic mass is 16.2. The third-order valence-electron chi connectivity index (χ3n) is 5.38. The van der Waals surface area contributed by atoms with Crippen molar-refractivity contribution < 1.29 is 4.79 Å². The van der Waals surface area contributed by atoms with Gasteiger partial charge in [0.05, 0.1) is 0 Å². The first-order valence-corrected chi connectivity index (χ1v) is 9.08. The van der Waals surface area contributed by atoms with Crippen molar-refractivity contribution in [1.29, 1.82) is 0 Å². The molecule has 0 radical (unpaired) electrons. The highest BCUT2D eigenvalue weighted by Gasteiger charge is 2.22. The minimum Gasteiger partial charge on any atom is -0.338 e. The van der Waals surface area contributed by atoms with E-state index in [1.54, 1.807) is 0 Å². The van der Waals surface area contributed by atoms with Gasteiger partial charge in [0.25, 0.3) is 0 Å². The molecule has 1 aliphatic carbocycles. The van der Waals surface area contributed by atoms with E-state index < -0.39 is 0 Å². The molecule has 126 valence electrons. The van der Waals surface area contributed by atoms with Gasteiger partial charge in [0.1, 0.15) is 0 Å². The van der Waals surface area contributed by atoms with Crippen LogP contribution in [0, 0.1) is 5.92 Å². The number of fused-ring (bicyclic) bond motifs is 1. The van der Waals surface area contributed by atoms with Gasteiger partial charge in [-0.2, -0.15) is 0 Å². The molecule has 1 aromatic rings. The van der Waals surface area contributed by atoms with Gasteiger partial charge in [-0.05, 0) is 68.8 Å². The molecule has 0 bridgehead atoms. The van der Waals surface area contributed by atoms with Crippen LogP contribution in [0.5, 0.6) is 0 Å². The molecular weight excluding hydrogens is 286 g/mol. The zero-order valence-electron chi connectivity index (χ0n) is 14.2. The summed E-state index contributed by atoms with van der Waals surface area (Å²) in [5.74, 6) is 0.772. The van der Waals surface area contributed by atoms with Gasteiger partial charge in [0.15, 0.2) is 0 Å². The van der Waals surface area contributed by atoms with E-state index in [1.165, 1.54) is 37.1 Å². The van der Waals surface area contributed by atoms with Crippen LogP contribution in [-0.2, 0) is 12.8 Å². The molecule has 1 aromatic carbocycles. The van der Waals surface area contributed by atoms with Gasteiger partial charge in [-0.25, -0.2) is 4.79 Å². The molecule has 1 fully saturated rings. The number of hydrogen-bond donors (Lipinski definition) is 2. The number of nitrogens with one attached hydrogen (secondary N) is 2. The molecule has 0 atom stereocenters. The fraction of sp³-hybridized carbons (Fsp3) is 0.632. The van der Waals surface area contributed by atoms with Crippen LogP contribution in [0.1, 0.15) is 37.3 Å². The molecular formula is C19H29N3O. The number of nitrogens with zero attached hydrogens (tertiary/aromatic N) is 1. The van der Waals surface area contributed by atoms with Crippen LogP contribution in [0.2, 0.25) is 0 Å². The maximum atomic E-state index is 12.1. The number of hydrogen-bond acceptors (Lipinski definition) is 2. The molecule has 0 spiro atoms. The Balaban J connectivity index is 1.32. The third-order valence-corrected chi connectivity index (χ3v) is 5.38. The number of urea groups is 1. The topological polar surface area (TPSA) is 44.4 Å². The summed E-state index contributed by atoms with van der Waals surface area (Å²) < 4.78 is 0. The fourth-order valence-corrected chi connectivity index (χ4v) is 3.88. The first-order valence-electron chi connectivity index (χ1n) is 9.08. The van der Waals surface area contributed by atoms with Crippen LogP contribution in [0.3, 0.4) is 0 Å². The van der Waals surface area contributed by atoms with Gasteiger partial charge in [0.2, 0.25) is 0 Å². The van der Waals surface area contributed by atoms with E-state index in [4.69, 9.17) is 0 Å². The first kappa shape index (κ1) is 16.3. The van der Waals surface area contributed by atoms with Gasteiger partial charge < -0.3 is 15.5 Å². The van der Waals surface area contributed by atoms with Crippen molar-refractivity contribution in [3.8, 4) is 0 Å². The molecule has 1 heterocycles. The molecule has 23 heavy (non-hydrogen) atoms. The number of piperidine rings is 1. The Kier molecular flexibility index (Phi) is 5.55. The Morgan fingerprint density at radius 2 is 1.83 bits per heavy atom. The molecule has 2 amide bonds. The zero-order chi connectivity index (χ0) is 16.1. The number of carbonyl (C=O) groups excluding carboxylic acids is 1. The summed E-state index contributed by atoms with van der Waals surface area (Å²) in [6.07, 6.45) is 5.57. The second-order valence-electron chi connectivity index (χ2n) is 6.94. The van der Waals surface area contributed by atoms with Crippen molar-refractivity contribution >= 4 is 6.03 Å². The predicted molar refractivity (Wildman–Crippen MR) is 93.6 cm³/mol. The molecule has 0 saturated carbocycles. The Labute approximate surface area is 139 Å². The van der Waals surface area contributed by atoms with E-state index in [9.17, 15) is 4.79 Å². The SMILES string of the molecule is CCN1CCC(CCNC(=O)NC2Cc3ccccc3C2)CC1. The summed E-state index contributed by atoms with van der Waals surface area (Å²) in [4.78, 5) is 14.6. The summed E-state index contributed by atoms with van der Waals surface area (Å²) in [5, 5.41) is 6.17. The highest BCUT2D eigenvalue weighted by molar-refractivity contribution is 5.74. The first-order chi connectivity index (χ1) is 11.2. The summed E-state index contributed by atoms with van der Waals surface area (Å²) in [5.41, 5.74) is 2.75. The lowest BCUT2D eigenvalue weighted by Crippen LogP contribution is -2.43. The average Bonchev–Trinajstić information content (AvgIpc) is 2.97. The predicted octanol–water partition coefficient (Wildman–Crippen LogP) is 2.58. The highest BCUT2D eigenvalue weighted by Crippen LogP contribution is 2.22. The van der Waals surface area contributed by atoms with Crippen LogP contribution in [0.4, 0.5) is 4.79 Å². The fourth-order valence-electron chi connectivity index (χ4n) is 3.88. The second-order valence-corrected chi connectivity index (χ2v) is 6.94. The quantitative estimate of drug-likeness (QED) is 0.877. The molecule has 2 aliphatic rings. The summed E-state index contributed by atoms with van der Waals surface area (Å²) in [6, 6.07) is 8.72.